The van der Waals surface area contributed by atoms with E-state index in [-0.39, 0.29) is 5.78 Å². The second-order valence-electron chi connectivity index (χ2n) is 7.96. The fourth-order valence-corrected chi connectivity index (χ4v) is 4.80. The third-order valence-corrected chi connectivity index (χ3v) is 5.91. The van der Waals surface area contributed by atoms with Gasteiger partial charge in [-0.1, -0.05) is 69.2 Å². The minimum atomic E-state index is -1.16. The van der Waals surface area contributed by atoms with Crippen molar-refractivity contribution in [2.75, 3.05) is 0 Å². The van der Waals surface area contributed by atoms with E-state index < -0.39 is 8.07 Å². The molecule has 0 saturated heterocycles. The summed E-state index contributed by atoms with van der Waals surface area (Å²) in [5.74, 6) is 0.905. The highest BCUT2D eigenvalue weighted by atomic mass is 28.3. The lowest BCUT2D eigenvalue weighted by atomic mass is 9.87. The molecule has 1 nitrogen and oxygen atoms in total. The number of carbonyl (C=O) groups excluding carboxylic acids is 1. The van der Waals surface area contributed by atoms with Gasteiger partial charge in [0.05, 0.1) is 0 Å². The molecule has 2 heteroatoms. The van der Waals surface area contributed by atoms with Crippen LogP contribution >= 0.6 is 0 Å². The highest BCUT2D eigenvalue weighted by Crippen LogP contribution is 2.32. The van der Waals surface area contributed by atoms with Gasteiger partial charge < -0.3 is 0 Å². The number of hydrogen-bond acceptors (Lipinski definition) is 1. The molecule has 1 aromatic carbocycles. The van der Waals surface area contributed by atoms with E-state index >= 15 is 0 Å². The van der Waals surface area contributed by atoms with Gasteiger partial charge >= 0.3 is 0 Å². The summed E-state index contributed by atoms with van der Waals surface area (Å²) >= 11 is 0. The molecule has 0 amide bonds. The molecule has 2 rings (SSSR count). The summed E-state index contributed by atoms with van der Waals surface area (Å²) in [6, 6.07) is 9.48. The summed E-state index contributed by atoms with van der Waals surface area (Å²) in [7, 11) is -1.16. The summed E-state index contributed by atoms with van der Waals surface area (Å²) in [5.41, 5.74) is 3.65. The molecule has 120 valence electrons. The fraction of sp³-hybridized carbons (Fsp3) is 0.550. The zero-order chi connectivity index (χ0) is 16.2. The molecule has 0 atom stereocenters. The minimum absolute atomic E-state index is 0.148. The number of rotatable bonds is 5. The molecule has 1 aliphatic carbocycles. The summed E-state index contributed by atoms with van der Waals surface area (Å²) in [6.07, 6.45) is 9.41. The van der Waals surface area contributed by atoms with Crippen LogP contribution in [0.4, 0.5) is 0 Å². The Morgan fingerprint density at radius 1 is 1.05 bits per heavy atom. The van der Waals surface area contributed by atoms with Crippen LogP contribution < -0.4 is 0 Å². The van der Waals surface area contributed by atoms with Crippen LogP contribution in [0.15, 0.2) is 30.3 Å². The van der Waals surface area contributed by atoms with Crippen LogP contribution in [-0.2, 0) is 0 Å². The number of benzene rings is 1. The topological polar surface area (TPSA) is 17.1 Å². The van der Waals surface area contributed by atoms with Crippen LogP contribution in [-0.4, -0.2) is 13.9 Å². The first kappa shape index (κ1) is 17.2. The molecular weight excluding hydrogens is 284 g/mol. The lowest BCUT2D eigenvalue weighted by Gasteiger charge is -2.23. The van der Waals surface area contributed by atoms with Crippen molar-refractivity contribution >= 4 is 19.4 Å². The average Bonchev–Trinajstić information content (AvgIpc) is 2.46. The Kier molecular flexibility index (Phi) is 5.79. The van der Waals surface area contributed by atoms with Gasteiger partial charge in [-0.3, -0.25) is 4.79 Å². The van der Waals surface area contributed by atoms with Crippen LogP contribution in [0.2, 0.25) is 25.7 Å². The minimum Gasteiger partial charge on any atom is -0.295 e. The maximum absolute atomic E-state index is 11.5. The van der Waals surface area contributed by atoms with Gasteiger partial charge in [0.2, 0.25) is 0 Å². The molecule has 1 aromatic rings. The average molecular weight is 315 g/mol. The van der Waals surface area contributed by atoms with Gasteiger partial charge in [0.15, 0.2) is 5.78 Å². The van der Waals surface area contributed by atoms with E-state index in [4.69, 9.17) is 0 Å². The normalized spacial score (nSPS) is 17.5. The molecule has 0 unspecified atom stereocenters. The van der Waals surface area contributed by atoms with Crippen LogP contribution in [0.3, 0.4) is 0 Å². The Morgan fingerprint density at radius 2 is 1.59 bits per heavy atom. The molecule has 1 saturated carbocycles. The van der Waals surface area contributed by atoms with E-state index in [1.54, 1.807) is 6.92 Å². The van der Waals surface area contributed by atoms with Gasteiger partial charge in [0.1, 0.15) is 0 Å². The van der Waals surface area contributed by atoms with Gasteiger partial charge in [-0.15, -0.1) is 0 Å². The van der Waals surface area contributed by atoms with Gasteiger partial charge in [-0.25, -0.2) is 0 Å². The smallest absolute Gasteiger partial charge is 0.159 e. The van der Waals surface area contributed by atoms with Crippen LogP contribution in [0.25, 0.3) is 5.57 Å². The third-order valence-electron chi connectivity index (χ3n) is 4.47. The summed E-state index contributed by atoms with van der Waals surface area (Å²) < 4.78 is 0. The Hall–Kier alpha value is -1.15. The van der Waals surface area contributed by atoms with Crippen LogP contribution in [0.5, 0.6) is 0 Å². The molecule has 0 radical (unpaired) electrons. The Balaban J connectivity index is 2.26. The SMILES string of the molecule is CC(=O)c1ccc(/C(=C/C2CCCCC2)C[Si](C)(C)C)cc1. The Morgan fingerprint density at radius 3 is 2.09 bits per heavy atom. The van der Waals surface area contributed by atoms with Crippen LogP contribution in [0, 0.1) is 5.92 Å². The number of carbonyl (C=O) groups is 1. The first-order valence-corrected chi connectivity index (χ1v) is 12.4. The van der Waals surface area contributed by atoms with Crippen molar-refractivity contribution in [2.45, 2.75) is 64.7 Å². The summed E-state index contributed by atoms with van der Waals surface area (Å²) in [6.45, 7) is 8.94. The maximum Gasteiger partial charge on any atom is 0.159 e. The van der Waals surface area contributed by atoms with Gasteiger partial charge in [-0.2, -0.15) is 0 Å². The molecule has 0 heterocycles. The van der Waals surface area contributed by atoms with Crippen molar-refractivity contribution in [3.63, 3.8) is 0 Å². The molecule has 0 bridgehead atoms. The van der Waals surface area contributed by atoms with Crippen molar-refractivity contribution < 1.29 is 4.79 Å². The zero-order valence-electron chi connectivity index (χ0n) is 14.6. The fourth-order valence-electron chi connectivity index (χ4n) is 3.33. The van der Waals surface area contributed by atoms with E-state index in [2.05, 4.69) is 37.8 Å². The monoisotopic (exact) mass is 314 g/mol. The summed E-state index contributed by atoms with van der Waals surface area (Å²) in [5, 5.41) is 0. The van der Waals surface area contributed by atoms with Crippen molar-refractivity contribution in [1.29, 1.82) is 0 Å². The van der Waals surface area contributed by atoms with E-state index in [9.17, 15) is 4.79 Å². The van der Waals surface area contributed by atoms with E-state index in [1.165, 1.54) is 49.3 Å². The standard InChI is InChI=1S/C20H30OSi/c1-16(21)18-10-12-19(13-11-18)20(15-22(2,3)4)14-17-8-6-5-7-9-17/h10-14,17H,5-9,15H2,1-4H3/b20-14+. The number of Topliss-reactive ketones (excluding diaryl/α,β-unsaturated/α-hetero) is 1. The number of hydrogen-bond donors (Lipinski definition) is 0. The lowest BCUT2D eigenvalue weighted by Crippen LogP contribution is -2.20. The molecule has 22 heavy (non-hydrogen) atoms. The first-order chi connectivity index (χ1) is 10.3. The quantitative estimate of drug-likeness (QED) is 0.467. The van der Waals surface area contributed by atoms with E-state index in [0.29, 0.717) is 0 Å². The van der Waals surface area contributed by atoms with Crippen molar-refractivity contribution in [3.8, 4) is 0 Å². The predicted octanol–water partition coefficient (Wildman–Crippen LogP) is 6.19. The predicted molar refractivity (Wildman–Crippen MR) is 99.2 cm³/mol. The van der Waals surface area contributed by atoms with Gasteiger partial charge in [0.25, 0.3) is 0 Å². The second-order valence-corrected chi connectivity index (χ2v) is 13.4. The molecule has 0 aromatic heterocycles. The largest absolute Gasteiger partial charge is 0.295 e. The second kappa shape index (κ2) is 7.41. The van der Waals surface area contributed by atoms with Crippen LogP contribution in [0.1, 0.15) is 54.9 Å². The molecule has 0 aliphatic heterocycles. The van der Waals surface area contributed by atoms with Crippen molar-refractivity contribution in [1.82, 2.24) is 0 Å². The summed E-state index contributed by atoms with van der Waals surface area (Å²) in [4.78, 5) is 11.5. The molecule has 0 N–H and O–H groups in total. The van der Waals surface area contributed by atoms with Crippen molar-refractivity contribution in [2.24, 2.45) is 5.92 Å². The molecule has 1 aliphatic rings. The van der Waals surface area contributed by atoms with E-state index in [1.807, 2.05) is 12.1 Å². The van der Waals surface area contributed by atoms with Gasteiger partial charge in [0, 0.05) is 13.6 Å². The van der Waals surface area contributed by atoms with E-state index in [0.717, 1.165) is 11.5 Å². The first-order valence-electron chi connectivity index (χ1n) is 8.67. The molecule has 0 spiro atoms. The number of ketones is 1. The lowest BCUT2D eigenvalue weighted by molar-refractivity contribution is 0.101. The highest BCUT2D eigenvalue weighted by Gasteiger charge is 2.19. The van der Waals surface area contributed by atoms with Gasteiger partial charge in [-0.05, 0) is 42.9 Å². The molecular formula is C20H30OSi. The Labute approximate surface area is 136 Å². The zero-order valence-corrected chi connectivity index (χ0v) is 15.6. The maximum atomic E-state index is 11.5. The number of allylic oxidation sites excluding steroid dienone is 2. The molecule has 1 fully saturated rings. The van der Waals surface area contributed by atoms with Crippen molar-refractivity contribution in [3.05, 3.63) is 41.5 Å². The Bertz CT molecular complexity index is 528. The third kappa shape index (κ3) is 5.24. The highest BCUT2D eigenvalue weighted by molar-refractivity contribution is 6.77.